The third-order valence-electron chi connectivity index (χ3n) is 1.65. The molecule has 0 aliphatic heterocycles. The Kier molecular flexibility index (Phi) is 4.02. The van der Waals surface area contributed by atoms with Crippen molar-refractivity contribution in [2.45, 2.75) is 13.2 Å². The molecule has 6 heteroatoms. The van der Waals surface area contributed by atoms with Crippen LogP contribution in [0.5, 0.6) is 0 Å². The first-order chi connectivity index (χ1) is 7.07. The highest BCUT2D eigenvalue weighted by Crippen LogP contribution is 2.10. The lowest BCUT2D eigenvalue weighted by atomic mass is 10.4. The molecule has 0 fully saturated rings. The molecule has 0 N–H and O–H groups in total. The van der Waals surface area contributed by atoms with Gasteiger partial charge in [0, 0.05) is 6.20 Å². The molecular weight excluding hydrogens is 269 g/mol. The quantitative estimate of drug-likeness (QED) is 0.790. The van der Waals surface area contributed by atoms with E-state index >= 15 is 0 Å². The van der Waals surface area contributed by atoms with Gasteiger partial charge in [-0.2, -0.15) is 0 Å². The third-order valence-corrected chi connectivity index (χ3v) is 2.26. The molecule has 0 amide bonds. The van der Waals surface area contributed by atoms with Crippen molar-refractivity contribution in [3.63, 3.8) is 0 Å². The summed E-state index contributed by atoms with van der Waals surface area (Å²) in [6, 6.07) is 2.92. The van der Waals surface area contributed by atoms with Crippen LogP contribution in [0.3, 0.4) is 0 Å². The summed E-state index contributed by atoms with van der Waals surface area (Å²) in [6.45, 7) is 1.64. The van der Waals surface area contributed by atoms with Crippen LogP contribution < -0.4 is 5.56 Å². The van der Waals surface area contributed by atoms with Crippen molar-refractivity contribution in [3.05, 3.63) is 33.2 Å². The number of carbonyl (C=O) groups excluding carboxylic acids is 1. The molecule has 1 aromatic rings. The number of ether oxygens (including phenoxy) is 1. The van der Waals surface area contributed by atoms with Crippen LogP contribution in [-0.4, -0.2) is 17.1 Å². The van der Waals surface area contributed by atoms with E-state index in [1.807, 2.05) is 0 Å². The zero-order valence-corrected chi connectivity index (χ0v) is 9.53. The smallest absolute Gasteiger partial charge is 0.362 e. The monoisotopic (exact) mass is 277 g/mol. The number of hydrogen-bond acceptors (Lipinski definition) is 3. The predicted octanol–water partition coefficient (Wildman–Crippen LogP) is 1.64. The number of alkyl halides is 1. The van der Waals surface area contributed by atoms with E-state index < -0.39 is 17.8 Å². The summed E-state index contributed by atoms with van der Waals surface area (Å²) >= 11 is 2.95. The zero-order chi connectivity index (χ0) is 11.4. The summed E-state index contributed by atoms with van der Waals surface area (Å²) in [5, 5.41) is 0. The molecule has 0 bridgehead atoms. The van der Waals surface area contributed by atoms with Crippen molar-refractivity contribution < 1.29 is 13.9 Å². The predicted molar refractivity (Wildman–Crippen MR) is 55.2 cm³/mol. The molecule has 1 rings (SSSR count). The van der Waals surface area contributed by atoms with Crippen LogP contribution in [-0.2, 0) is 9.53 Å². The molecule has 1 aromatic heterocycles. The number of esters is 1. The molecule has 0 saturated carbocycles. The molecular formula is C9H9BrFNO3. The van der Waals surface area contributed by atoms with Crippen molar-refractivity contribution in [1.29, 1.82) is 0 Å². The summed E-state index contributed by atoms with van der Waals surface area (Å²) in [5.74, 6) is -1.07. The molecule has 0 saturated heterocycles. The van der Waals surface area contributed by atoms with Crippen molar-refractivity contribution >= 4 is 21.9 Å². The van der Waals surface area contributed by atoms with Crippen LogP contribution in [0.25, 0.3) is 0 Å². The SMILES string of the molecule is CCOC(=O)C(F)n1cccc(Br)c1=O. The van der Waals surface area contributed by atoms with Crippen LogP contribution in [0.4, 0.5) is 4.39 Å². The van der Waals surface area contributed by atoms with Gasteiger partial charge in [-0.1, -0.05) is 0 Å². The lowest BCUT2D eigenvalue weighted by molar-refractivity contribution is -0.153. The molecule has 1 unspecified atom stereocenters. The zero-order valence-electron chi connectivity index (χ0n) is 7.94. The van der Waals surface area contributed by atoms with Gasteiger partial charge in [0.05, 0.1) is 11.1 Å². The topological polar surface area (TPSA) is 48.3 Å². The van der Waals surface area contributed by atoms with Gasteiger partial charge in [0.25, 0.3) is 11.9 Å². The van der Waals surface area contributed by atoms with E-state index in [0.717, 1.165) is 0 Å². The van der Waals surface area contributed by atoms with Crippen LogP contribution in [0.1, 0.15) is 13.2 Å². The highest BCUT2D eigenvalue weighted by Gasteiger charge is 2.21. The van der Waals surface area contributed by atoms with E-state index in [1.54, 1.807) is 6.92 Å². The molecule has 82 valence electrons. The lowest BCUT2D eigenvalue weighted by Gasteiger charge is -2.10. The normalized spacial score (nSPS) is 12.2. The van der Waals surface area contributed by atoms with Gasteiger partial charge in [0.15, 0.2) is 0 Å². The Labute approximate surface area is 93.8 Å². The minimum Gasteiger partial charge on any atom is -0.462 e. The van der Waals surface area contributed by atoms with Crippen LogP contribution in [0.2, 0.25) is 0 Å². The van der Waals surface area contributed by atoms with E-state index in [1.165, 1.54) is 18.3 Å². The molecule has 4 nitrogen and oxygen atoms in total. The van der Waals surface area contributed by atoms with E-state index in [0.29, 0.717) is 4.57 Å². The largest absolute Gasteiger partial charge is 0.462 e. The molecule has 15 heavy (non-hydrogen) atoms. The summed E-state index contributed by atoms with van der Waals surface area (Å²) in [6.07, 6.45) is -0.913. The van der Waals surface area contributed by atoms with E-state index in [2.05, 4.69) is 20.7 Å². The standard InChI is InChI=1S/C9H9BrFNO3/c1-2-15-9(14)7(11)12-5-3-4-6(10)8(12)13/h3-5,7H,2H2,1H3. The van der Waals surface area contributed by atoms with Crippen molar-refractivity contribution in [1.82, 2.24) is 4.57 Å². The number of aromatic nitrogens is 1. The Morgan fingerprint density at radius 2 is 2.40 bits per heavy atom. The summed E-state index contributed by atoms with van der Waals surface area (Å²) < 4.78 is 18.7. The first-order valence-corrected chi connectivity index (χ1v) is 5.04. The number of carbonyl (C=O) groups is 1. The Morgan fingerprint density at radius 1 is 1.73 bits per heavy atom. The Morgan fingerprint density at radius 3 is 3.00 bits per heavy atom. The van der Waals surface area contributed by atoms with E-state index in [9.17, 15) is 14.0 Å². The fourth-order valence-corrected chi connectivity index (χ4v) is 1.34. The van der Waals surface area contributed by atoms with Gasteiger partial charge in [-0.15, -0.1) is 0 Å². The number of hydrogen-bond donors (Lipinski definition) is 0. The van der Waals surface area contributed by atoms with E-state index in [-0.39, 0.29) is 11.1 Å². The maximum Gasteiger partial charge on any atom is 0.362 e. The van der Waals surface area contributed by atoms with Gasteiger partial charge < -0.3 is 4.74 Å². The Bertz CT molecular complexity index is 418. The molecule has 0 aliphatic rings. The van der Waals surface area contributed by atoms with Gasteiger partial charge in [0.2, 0.25) is 0 Å². The third kappa shape index (κ3) is 2.65. The number of pyridine rings is 1. The Balaban J connectivity index is 3.01. The first kappa shape index (κ1) is 11.9. The minimum absolute atomic E-state index is 0.0714. The van der Waals surface area contributed by atoms with Crippen molar-refractivity contribution in [2.75, 3.05) is 6.61 Å². The van der Waals surface area contributed by atoms with Crippen molar-refractivity contribution in [3.8, 4) is 0 Å². The van der Waals surface area contributed by atoms with Gasteiger partial charge in [-0.3, -0.25) is 9.36 Å². The second-order valence-corrected chi connectivity index (χ2v) is 3.51. The summed E-state index contributed by atoms with van der Waals surface area (Å²) in [5.41, 5.74) is -0.613. The summed E-state index contributed by atoms with van der Waals surface area (Å²) in [4.78, 5) is 22.4. The average molecular weight is 278 g/mol. The second-order valence-electron chi connectivity index (χ2n) is 2.66. The molecule has 0 aliphatic carbocycles. The van der Waals surface area contributed by atoms with Crippen molar-refractivity contribution in [2.24, 2.45) is 0 Å². The van der Waals surface area contributed by atoms with Gasteiger partial charge in [0.1, 0.15) is 0 Å². The fourth-order valence-electron chi connectivity index (χ4n) is 0.986. The molecule has 0 aromatic carbocycles. The Hall–Kier alpha value is -1.17. The summed E-state index contributed by atoms with van der Waals surface area (Å²) in [7, 11) is 0. The average Bonchev–Trinajstić information content (AvgIpc) is 2.21. The lowest BCUT2D eigenvalue weighted by Crippen LogP contribution is -2.28. The van der Waals surface area contributed by atoms with Crippen LogP contribution in [0.15, 0.2) is 27.6 Å². The van der Waals surface area contributed by atoms with Gasteiger partial charge in [-0.05, 0) is 35.0 Å². The number of nitrogens with zero attached hydrogens (tertiary/aromatic N) is 1. The highest BCUT2D eigenvalue weighted by molar-refractivity contribution is 9.10. The minimum atomic E-state index is -2.10. The molecule has 1 heterocycles. The van der Waals surface area contributed by atoms with Gasteiger partial charge in [-0.25, -0.2) is 9.18 Å². The maximum absolute atomic E-state index is 13.4. The fraction of sp³-hybridized carbons (Fsp3) is 0.333. The molecule has 0 radical (unpaired) electrons. The highest BCUT2D eigenvalue weighted by atomic mass is 79.9. The van der Waals surface area contributed by atoms with Crippen LogP contribution >= 0.6 is 15.9 Å². The number of halogens is 2. The second kappa shape index (κ2) is 5.06. The molecule has 1 atom stereocenters. The first-order valence-electron chi connectivity index (χ1n) is 4.25. The maximum atomic E-state index is 13.4. The number of rotatable bonds is 3. The van der Waals surface area contributed by atoms with Gasteiger partial charge >= 0.3 is 5.97 Å². The van der Waals surface area contributed by atoms with E-state index in [4.69, 9.17) is 0 Å². The molecule has 0 spiro atoms. The van der Waals surface area contributed by atoms with Crippen LogP contribution in [0, 0.1) is 0 Å².